The summed E-state index contributed by atoms with van der Waals surface area (Å²) in [5, 5.41) is 3.92. The van der Waals surface area contributed by atoms with Gasteiger partial charge in [0.25, 0.3) is 5.91 Å². The minimum atomic E-state index is -0.766. The molecule has 1 unspecified atom stereocenters. The summed E-state index contributed by atoms with van der Waals surface area (Å²) in [6.45, 7) is 5.47. The van der Waals surface area contributed by atoms with Gasteiger partial charge in [-0.25, -0.2) is 0 Å². The van der Waals surface area contributed by atoms with E-state index < -0.39 is 12.0 Å². The van der Waals surface area contributed by atoms with E-state index in [1.807, 2.05) is 6.92 Å². The molecule has 0 bridgehead atoms. The first-order valence-electron chi connectivity index (χ1n) is 8.68. The second-order valence-corrected chi connectivity index (χ2v) is 7.39. The van der Waals surface area contributed by atoms with Crippen molar-refractivity contribution in [1.82, 2.24) is 4.90 Å². The van der Waals surface area contributed by atoms with Gasteiger partial charge in [0.05, 0.1) is 22.3 Å². The monoisotopic (exact) mass is 442 g/mol. The van der Waals surface area contributed by atoms with Gasteiger partial charge >= 0.3 is 0 Å². The summed E-state index contributed by atoms with van der Waals surface area (Å²) in [7, 11) is 0. The van der Waals surface area contributed by atoms with Crippen LogP contribution in [0.1, 0.15) is 19.4 Å². The van der Waals surface area contributed by atoms with Crippen molar-refractivity contribution in [3.8, 4) is 5.75 Å². The van der Waals surface area contributed by atoms with Crippen LogP contribution in [0.4, 0.5) is 5.69 Å². The van der Waals surface area contributed by atoms with Crippen LogP contribution in [0.5, 0.6) is 5.75 Å². The second-order valence-electron chi connectivity index (χ2n) is 6.17. The predicted molar refractivity (Wildman–Crippen MR) is 114 cm³/mol. The maximum absolute atomic E-state index is 12.7. The average Bonchev–Trinajstić information content (AvgIpc) is 2.65. The first kappa shape index (κ1) is 22.3. The molecule has 0 saturated heterocycles. The van der Waals surface area contributed by atoms with Gasteiger partial charge in [0.1, 0.15) is 5.75 Å². The van der Waals surface area contributed by atoms with Gasteiger partial charge in [-0.05, 0) is 56.7 Å². The lowest BCUT2D eigenvalue weighted by atomic mass is 10.2. The minimum Gasteiger partial charge on any atom is -0.481 e. The fourth-order valence-electron chi connectivity index (χ4n) is 2.52. The Balaban J connectivity index is 2.01. The third-order valence-corrected chi connectivity index (χ3v) is 5.10. The summed E-state index contributed by atoms with van der Waals surface area (Å²) in [6.07, 6.45) is -0.766. The van der Waals surface area contributed by atoms with Crippen molar-refractivity contribution < 1.29 is 14.3 Å². The number of rotatable bonds is 7. The van der Waals surface area contributed by atoms with Crippen molar-refractivity contribution >= 4 is 52.3 Å². The van der Waals surface area contributed by atoms with E-state index in [4.69, 9.17) is 39.5 Å². The number of likely N-dealkylation sites (N-methyl/N-ethyl adjacent to an activating group) is 1. The molecule has 0 radical (unpaired) electrons. The summed E-state index contributed by atoms with van der Waals surface area (Å²) >= 11 is 18.1. The number of carbonyl (C=O) groups is 2. The van der Waals surface area contributed by atoms with Gasteiger partial charge in [-0.2, -0.15) is 0 Å². The smallest absolute Gasteiger partial charge is 0.263 e. The zero-order valence-electron chi connectivity index (χ0n) is 15.8. The van der Waals surface area contributed by atoms with Crippen molar-refractivity contribution in [2.75, 3.05) is 18.4 Å². The Morgan fingerprint density at radius 1 is 1.11 bits per heavy atom. The van der Waals surface area contributed by atoms with Crippen molar-refractivity contribution in [1.29, 1.82) is 0 Å². The van der Waals surface area contributed by atoms with E-state index in [-0.39, 0.29) is 12.5 Å². The number of aryl methyl sites for hydroxylation is 1. The predicted octanol–water partition coefficient (Wildman–Crippen LogP) is 5.21. The molecule has 8 heteroatoms. The molecule has 0 saturated carbocycles. The van der Waals surface area contributed by atoms with Crippen molar-refractivity contribution in [2.24, 2.45) is 0 Å². The van der Waals surface area contributed by atoms with Crippen molar-refractivity contribution in [3.05, 3.63) is 57.0 Å². The maximum atomic E-state index is 12.7. The maximum Gasteiger partial charge on any atom is 0.263 e. The number of para-hydroxylation sites is 1. The second kappa shape index (κ2) is 10.0. The van der Waals surface area contributed by atoms with Crippen LogP contribution in [0.15, 0.2) is 36.4 Å². The van der Waals surface area contributed by atoms with Crippen LogP contribution in [-0.4, -0.2) is 35.9 Å². The van der Waals surface area contributed by atoms with Gasteiger partial charge < -0.3 is 15.0 Å². The number of amides is 2. The highest BCUT2D eigenvalue weighted by atomic mass is 35.5. The summed E-state index contributed by atoms with van der Waals surface area (Å²) in [5.41, 5.74) is 1.17. The molecule has 0 spiro atoms. The van der Waals surface area contributed by atoms with E-state index in [2.05, 4.69) is 5.32 Å². The number of carbonyl (C=O) groups excluding carboxylic acids is 2. The summed E-state index contributed by atoms with van der Waals surface area (Å²) in [6, 6.07) is 10.1. The first-order valence-corrected chi connectivity index (χ1v) is 9.81. The molecule has 150 valence electrons. The molecule has 2 aromatic carbocycles. The molecule has 0 heterocycles. The van der Waals surface area contributed by atoms with Crippen LogP contribution in [0.3, 0.4) is 0 Å². The molecule has 2 aromatic rings. The Morgan fingerprint density at radius 3 is 2.32 bits per heavy atom. The molecule has 2 rings (SSSR count). The van der Waals surface area contributed by atoms with Gasteiger partial charge in [0.15, 0.2) is 6.10 Å². The Labute approximate surface area is 179 Å². The molecule has 5 nitrogen and oxygen atoms in total. The third-order valence-electron chi connectivity index (χ3n) is 4.05. The number of ether oxygens (including phenoxy) is 1. The quantitative estimate of drug-likeness (QED) is 0.639. The zero-order valence-corrected chi connectivity index (χ0v) is 18.0. The molecule has 0 aliphatic carbocycles. The van der Waals surface area contributed by atoms with Crippen LogP contribution in [0.2, 0.25) is 15.1 Å². The van der Waals surface area contributed by atoms with Gasteiger partial charge in [0, 0.05) is 11.6 Å². The van der Waals surface area contributed by atoms with E-state index in [9.17, 15) is 9.59 Å². The van der Waals surface area contributed by atoms with Gasteiger partial charge in [-0.15, -0.1) is 0 Å². The lowest BCUT2D eigenvalue weighted by Crippen LogP contribution is -2.44. The Kier molecular flexibility index (Phi) is 7.98. The van der Waals surface area contributed by atoms with Crippen LogP contribution in [0, 0.1) is 6.92 Å². The molecule has 2 amide bonds. The van der Waals surface area contributed by atoms with Gasteiger partial charge in [-0.3, -0.25) is 9.59 Å². The fourth-order valence-corrected chi connectivity index (χ4v) is 3.13. The lowest BCUT2D eigenvalue weighted by Gasteiger charge is -2.24. The number of nitrogens with one attached hydrogen (secondary N) is 1. The van der Waals surface area contributed by atoms with Crippen LogP contribution in [-0.2, 0) is 9.59 Å². The lowest BCUT2D eigenvalue weighted by molar-refractivity contribution is -0.140. The van der Waals surface area contributed by atoms with Crippen molar-refractivity contribution in [3.63, 3.8) is 0 Å². The third kappa shape index (κ3) is 5.77. The molecular formula is C20H21Cl3N2O3. The zero-order chi connectivity index (χ0) is 20.8. The number of nitrogens with zero attached hydrogens (tertiary/aromatic N) is 1. The highest BCUT2D eigenvalue weighted by Crippen LogP contribution is 2.29. The first-order chi connectivity index (χ1) is 13.2. The van der Waals surface area contributed by atoms with Crippen molar-refractivity contribution in [2.45, 2.75) is 26.9 Å². The molecule has 1 atom stereocenters. The highest BCUT2D eigenvalue weighted by molar-refractivity contribution is 6.39. The van der Waals surface area contributed by atoms with Gasteiger partial charge in [-0.1, -0.05) is 40.9 Å². The topological polar surface area (TPSA) is 58.6 Å². The number of benzene rings is 2. The summed E-state index contributed by atoms with van der Waals surface area (Å²) in [4.78, 5) is 26.5. The highest BCUT2D eigenvalue weighted by Gasteiger charge is 2.23. The molecular weight excluding hydrogens is 423 g/mol. The molecule has 0 aliphatic rings. The van der Waals surface area contributed by atoms with Crippen LogP contribution < -0.4 is 10.1 Å². The Morgan fingerprint density at radius 2 is 1.75 bits per heavy atom. The van der Waals surface area contributed by atoms with Gasteiger partial charge in [0.2, 0.25) is 5.91 Å². The largest absolute Gasteiger partial charge is 0.481 e. The number of hydrogen-bond donors (Lipinski definition) is 1. The number of halogens is 3. The van der Waals surface area contributed by atoms with Crippen LogP contribution >= 0.6 is 34.8 Å². The summed E-state index contributed by atoms with van der Waals surface area (Å²) in [5.74, 6) is -0.179. The SMILES string of the molecule is CCN(CC(=O)Nc1c(Cl)cccc1Cl)C(=O)C(C)Oc1ccc(Cl)c(C)c1. The minimum absolute atomic E-state index is 0.149. The van der Waals surface area contributed by atoms with E-state index in [1.165, 1.54) is 4.90 Å². The Bertz CT molecular complexity index is 854. The average molecular weight is 444 g/mol. The van der Waals surface area contributed by atoms with E-state index in [0.717, 1.165) is 5.56 Å². The molecule has 28 heavy (non-hydrogen) atoms. The van der Waals surface area contributed by atoms with Crippen LogP contribution in [0.25, 0.3) is 0 Å². The fraction of sp³-hybridized carbons (Fsp3) is 0.300. The molecule has 1 N–H and O–H groups in total. The van der Waals surface area contributed by atoms with E-state index >= 15 is 0 Å². The summed E-state index contributed by atoms with van der Waals surface area (Å²) < 4.78 is 5.71. The normalized spacial score (nSPS) is 11.6. The van der Waals surface area contributed by atoms with E-state index in [1.54, 1.807) is 50.2 Å². The Hall–Kier alpha value is -1.95. The standard InChI is InChI=1S/C20H21Cl3N2O3/c1-4-25(11-18(26)24-19-16(22)6-5-7-17(19)23)20(27)13(3)28-14-8-9-15(21)12(2)10-14/h5-10,13H,4,11H2,1-3H3,(H,24,26). The molecule has 0 aromatic heterocycles. The molecule has 0 aliphatic heterocycles. The van der Waals surface area contributed by atoms with E-state index in [0.29, 0.717) is 33.0 Å². The number of anilines is 1. The number of hydrogen-bond acceptors (Lipinski definition) is 3. The molecule has 0 fully saturated rings.